The standard InChI is InChI=1S/C45H40N10O17S8/c1-21-7-8-34(73)41-38(21)47-43-28(20-46)24(4)39(44(56)55(41)43)53-51-31-13-22(2)29(18-33(31)72-9-5-11-76(57,58)59)49-52-32-14-23(3)30(19-35(32)74-10-6-12-77(60,61)62)50-54-45-48-40-37(80(69,70)71)17-26-27(42(40)75-45)15-25(78(63,64)65)16-36(26)79(66,67)68/h7-8,13-19,56,73H,5-6,9-12H2,1-4H3,(H,57,58,59)(H,60,61,62)(H,63,64,65)(H,66,67,68)(H,69,70,71). The summed E-state index contributed by atoms with van der Waals surface area (Å²) in [5, 5.41) is 46.8. The van der Waals surface area contributed by atoms with Gasteiger partial charge in [0.25, 0.3) is 50.6 Å². The van der Waals surface area contributed by atoms with Crippen molar-refractivity contribution in [2.24, 2.45) is 30.7 Å². The second kappa shape index (κ2) is 22.4. The average molecular weight is 1250 g/mol. The molecule has 6 N–H and O–H groups in total. The zero-order valence-electron chi connectivity index (χ0n) is 41.4. The predicted octanol–water partition coefficient (Wildman–Crippen LogP) is 10.4. The maximum atomic E-state index is 12.6. The van der Waals surface area contributed by atoms with Gasteiger partial charge in [-0.05, 0) is 105 Å². The maximum absolute atomic E-state index is 12.6. The SMILES string of the molecule is Cc1cc(N=Nc2cc(OCCCS(=O)(=O)O)c(N=Nc3c(C)c(C#N)c4nc5c(C)ccc(S)c5n4c3O)cc2C)c(SCCCS(=O)(=O)O)cc1N=Nc1nc2c(S(=O)(=O)O)cc3c(S(=O)(=O)O)cc(S(=O)(=O)O)cc3c2s1. The van der Waals surface area contributed by atoms with Gasteiger partial charge in [-0.25, -0.2) is 9.97 Å². The molecule has 35 heteroatoms. The lowest BCUT2D eigenvalue weighted by Crippen LogP contribution is -2.08. The van der Waals surface area contributed by atoms with E-state index in [0.717, 1.165) is 23.4 Å². The van der Waals surface area contributed by atoms with Crippen LogP contribution >= 0.6 is 35.7 Å². The van der Waals surface area contributed by atoms with E-state index in [1.54, 1.807) is 32.9 Å². The van der Waals surface area contributed by atoms with Gasteiger partial charge in [0.15, 0.2) is 11.3 Å². The minimum Gasteiger partial charge on any atom is -0.493 e. The molecule has 0 atom stereocenters. The number of nitriles is 1. The summed E-state index contributed by atoms with van der Waals surface area (Å²) in [6.45, 7) is 6.32. The molecule has 0 aliphatic carbocycles. The van der Waals surface area contributed by atoms with Crippen molar-refractivity contribution in [1.82, 2.24) is 14.4 Å². The highest BCUT2D eigenvalue weighted by molar-refractivity contribution is 7.99. The minimum absolute atomic E-state index is 0.0141. The first-order valence-corrected chi connectivity index (χ1v) is 32.3. The summed E-state index contributed by atoms with van der Waals surface area (Å²) in [6.07, 6.45) is -0.204. The van der Waals surface area contributed by atoms with Crippen molar-refractivity contribution in [2.75, 3.05) is 23.9 Å². The normalized spacial score (nSPS) is 13.1. The number of aromatic nitrogens is 3. The number of azo groups is 3. The molecular weight excluding hydrogens is 1210 g/mol. The molecule has 8 rings (SSSR count). The van der Waals surface area contributed by atoms with Crippen LogP contribution in [0.5, 0.6) is 11.6 Å². The van der Waals surface area contributed by atoms with Gasteiger partial charge in [0.1, 0.15) is 38.4 Å². The Kier molecular flexibility index (Phi) is 16.6. The predicted molar refractivity (Wildman–Crippen MR) is 296 cm³/mol. The summed E-state index contributed by atoms with van der Waals surface area (Å²) in [5.74, 6) is -1.57. The lowest BCUT2D eigenvalue weighted by molar-refractivity contribution is 0.317. The number of aromatic hydroxyl groups is 1. The summed E-state index contributed by atoms with van der Waals surface area (Å²) < 4.78 is 176. The number of hydrogen-bond acceptors (Lipinski definition) is 24. The summed E-state index contributed by atoms with van der Waals surface area (Å²) in [5.41, 5.74) is 2.87. The molecule has 5 aromatic carbocycles. The highest BCUT2D eigenvalue weighted by Crippen LogP contribution is 2.45. The van der Waals surface area contributed by atoms with Gasteiger partial charge in [-0.3, -0.25) is 27.2 Å². The Labute approximate surface area is 468 Å². The van der Waals surface area contributed by atoms with Crippen molar-refractivity contribution in [1.29, 1.82) is 5.26 Å². The Balaban J connectivity index is 1.20. The number of benzene rings is 5. The Morgan fingerprint density at radius 3 is 1.93 bits per heavy atom. The molecular formula is C45H40N10O17S8. The quantitative estimate of drug-likeness (QED) is 0.0130. The number of imidazole rings is 1. The van der Waals surface area contributed by atoms with Crippen LogP contribution in [0.4, 0.5) is 33.6 Å². The van der Waals surface area contributed by atoms with Gasteiger partial charge in [0.2, 0.25) is 11.0 Å². The number of nitrogens with zero attached hydrogens (tertiary/aromatic N) is 10. The smallest absolute Gasteiger partial charge is 0.296 e. The maximum Gasteiger partial charge on any atom is 0.296 e. The summed E-state index contributed by atoms with van der Waals surface area (Å²) >= 11 is 6.20. The zero-order valence-corrected chi connectivity index (χ0v) is 48.0. The van der Waals surface area contributed by atoms with E-state index in [1.165, 1.54) is 28.7 Å². The Morgan fingerprint density at radius 2 is 1.29 bits per heavy atom. The third-order valence-corrected chi connectivity index (χ3v) is 18.4. The fourth-order valence-corrected chi connectivity index (χ4v) is 13.4. The van der Waals surface area contributed by atoms with Gasteiger partial charge < -0.3 is 9.84 Å². The van der Waals surface area contributed by atoms with Gasteiger partial charge >= 0.3 is 0 Å². The third kappa shape index (κ3) is 12.9. The van der Waals surface area contributed by atoms with Crippen molar-refractivity contribution in [2.45, 2.75) is 65.0 Å². The van der Waals surface area contributed by atoms with Gasteiger partial charge in [-0.1, -0.05) is 17.4 Å². The number of thiazole rings is 1. The van der Waals surface area contributed by atoms with Crippen molar-refractivity contribution in [3.63, 3.8) is 0 Å². The van der Waals surface area contributed by atoms with Crippen molar-refractivity contribution in [3.8, 4) is 17.7 Å². The lowest BCUT2D eigenvalue weighted by atomic mass is 10.1. The molecule has 0 unspecified atom stereocenters. The molecule has 0 saturated heterocycles. The fraction of sp³-hybridized carbons (Fsp3) is 0.222. The van der Waals surface area contributed by atoms with Crippen LogP contribution in [0.3, 0.4) is 0 Å². The Hall–Kier alpha value is -6.66. The molecule has 0 spiro atoms. The van der Waals surface area contributed by atoms with Gasteiger partial charge in [0, 0.05) is 32.2 Å². The molecule has 0 fully saturated rings. The molecule has 420 valence electrons. The highest BCUT2D eigenvalue weighted by Gasteiger charge is 2.28. The van der Waals surface area contributed by atoms with Crippen LogP contribution in [0.2, 0.25) is 0 Å². The number of pyridine rings is 1. The highest BCUT2D eigenvalue weighted by atomic mass is 32.2. The summed E-state index contributed by atoms with van der Waals surface area (Å²) in [4.78, 5) is 6.48. The summed E-state index contributed by atoms with van der Waals surface area (Å²) in [7, 11) is -24.3. The largest absolute Gasteiger partial charge is 0.493 e. The Morgan fingerprint density at radius 1 is 0.675 bits per heavy atom. The topological polar surface area (TPSA) is 429 Å². The number of fused-ring (bicyclic) bond motifs is 6. The van der Waals surface area contributed by atoms with Crippen LogP contribution in [-0.4, -0.2) is 108 Å². The van der Waals surface area contributed by atoms with Crippen LogP contribution in [0.25, 0.3) is 37.7 Å². The molecule has 0 aliphatic rings. The van der Waals surface area contributed by atoms with E-state index in [0.29, 0.717) is 55.4 Å². The van der Waals surface area contributed by atoms with Gasteiger partial charge in [-0.15, -0.1) is 50.0 Å². The van der Waals surface area contributed by atoms with Crippen molar-refractivity contribution < 1.29 is 74.7 Å². The third-order valence-electron chi connectivity index (χ3n) is 11.7. The van der Waals surface area contributed by atoms with Crippen molar-refractivity contribution in [3.05, 3.63) is 82.4 Å². The second-order valence-electron chi connectivity index (χ2n) is 17.4. The van der Waals surface area contributed by atoms with E-state index in [-0.39, 0.29) is 91.4 Å². The number of thioether (sulfide) groups is 1. The Bertz CT molecular complexity index is 4670. The first kappa shape index (κ1) is 59.5. The second-order valence-corrected chi connectivity index (χ2v) is 27.4. The van der Waals surface area contributed by atoms with Gasteiger partial charge in [0.05, 0.1) is 55.8 Å². The average Bonchev–Trinajstić information content (AvgIpc) is 4.19. The molecule has 8 aromatic rings. The number of aryl methyl sites for hydroxylation is 3. The number of rotatable bonds is 19. The van der Waals surface area contributed by atoms with Crippen molar-refractivity contribution >= 4 is 158 Å². The van der Waals surface area contributed by atoms with E-state index in [9.17, 15) is 75.2 Å². The molecule has 3 heterocycles. The molecule has 80 heavy (non-hydrogen) atoms. The van der Waals surface area contributed by atoms with Gasteiger partial charge in [-0.2, -0.15) is 52.5 Å². The number of hydrogen-bond donors (Lipinski definition) is 7. The first-order chi connectivity index (χ1) is 37.2. The van der Waals surface area contributed by atoms with E-state index in [2.05, 4.69) is 59.4 Å². The van der Waals surface area contributed by atoms with E-state index in [4.69, 9.17) is 4.74 Å². The lowest BCUT2D eigenvalue weighted by Gasteiger charge is -2.12. The number of thiol groups is 1. The van der Waals surface area contributed by atoms with Crippen LogP contribution in [0, 0.1) is 39.0 Å². The zero-order chi connectivity index (χ0) is 58.6. The molecule has 0 saturated carbocycles. The van der Waals surface area contributed by atoms with Crippen LogP contribution in [0.1, 0.15) is 40.7 Å². The van der Waals surface area contributed by atoms with Crippen LogP contribution < -0.4 is 4.74 Å². The number of ether oxygens (including phenoxy) is 1. The molecule has 0 bridgehead atoms. The van der Waals surface area contributed by atoms with E-state index < -0.39 is 93.6 Å². The van der Waals surface area contributed by atoms with Crippen LogP contribution in [0.15, 0.2) is 110 Å². The van der Waals surface area contributed by atoms with E-state index >= 15 is 0 Å². The molecule has 0 aliphatic heterocycles. The van der Waals surface area contributed by atoms with E-state index in [1.807, 2.05) is 6.92 Å². The molecule has 3 aromatic heterocycles. The van der Waals surface area contributed by atoms with Crippen LogP contribution in [-0.2, 0) is 50.6 Å². The summed E-state index contributed by atoms with van der Waals surface area (Å²) in [6, 6.07) is 13.4. The minimum atomic E-state index is -5.30. The fourth-order valence-electron chi connectivity index (χ4n) is 7.96. The molecule has 0 radical (unpaired) electrons. The molecule has 0 amide bonds. The first-order valence-electron chi connectivity index (χ1n) is 22.5. The monoisotopic (exact) mass is 1250 g/mol. The molecule has 27 nitrogen and oxygen atoms in total.